The van der Waals surface area contributed by atoms with Crippen molar-refractivity contribution in [3.05, 3.63) is 63.7 Å². The zero-order valence-electron chi connectivity index (χ0n) is 13.0. The number of carbonyl (C=O) groups is 2. The summed E-state index contributed by atoms with van der Waals surface area (Å²) in [5.74, 6) is -0.268. The fourth-order valence-corrected chi connectivity index (χ4v) is 2.67. The third-order valence-electron chi connectivity index (χ3n) is 4.02. The fraction of sp³-hybridized carbons (Fsp3) is 0.176. The Morgan fingerprint density at radius 3 is 2.54 bits per heavy atom. The molecule has 0 aliphatic carbocycles. The van der Waals surface area contributed by atoms with Gasteiger partial charge in [-0.05, 0) is 42.3 Å². The van der Waals surface area contributed by atoms with E-state index in [2.05, 4.69) is 5.32 Å². The van der Waals surface area contributed by atoms with Crippen molar-refractivity contribution >= 4 is 28.9 Å². The number of non-ortho nitro benzene ring substituents is 1. The van der Waals surface area contributed by atoms with Crippen molar-refractivity contribution in [2.45, 2.75) is 12.8 Å². The molecule has 1 N–H and O–H groups in total. The second-order valence-corrected chi connectivity index (χ2v) is 5.55. The minimum Gasteiger partial charge on any atom is -0.322 e. The summed E-state index contributed by atoms with van der Waals surface area (Å²) in [5.41, 5.74) is 2.75. The quantitative estimate of drug-likeness (QED) is 0.693. The van der Waals surface area contributed by atoms with Gasteiger partial charge in [-0.2, -0.15) is 0 Å². The number of amides is 2. The van der Waals surface area contributed by atoms with E-state index < -0.39 is 4.92 Å². The van der Waals surface area contributed by atoms with Crippen molar-refractivity contribution < 1.29 is 14.5 Å². The molecule has 2 aromatic carbocycles. The van der Waals surface area contributed by atoms with Gasteiger partial charge in [0, 0.05) is 42.5 Å². The molecule has 0 spiro atoms. The summed E-state index contributed by atoms with van der Waals surface area (Å²) in [6, 6.07) is 10.8. The van der Waals surface area contributed by atoms with E-state index in [0.717, 1.165) is 11.3 Å². The van der Waals surface area contributed by atoms with E-state index in [1.54, 1.807) is 24.1 Å². The Hall–Kier alpha value is -3.22. The van der Waals surface area contributed by atoms with Gasteiger partial charge >= 0.3 is 0 Å². The third-order valence-corrected chi connectivity index (χ3v) is 4.02. The van der Waals surface area contributed by atoms with Crippen molar-refractivity contribution in [2.24, 2.45) is 0 Å². The highest BCUT2D eigenvalue weighted by Gasteiger charge is 2.21. The standard InChI is InChI=1S/C17H15N3O4/c1-19-15-8-5-13(10-12(15)4-9-16(19)21)18-17(22)11-2-6-14(7-3-11)20(23)24/h2-3,5-8,10H,4,9H2,1H3,(H,18,22). The number of aryl methyl sites for hydroxylation is 1. The summed E-state index contributed by atoms with van der Waals surface area (Å²) < 4.78 is 0. The summed E-state index contributed by atoms with van der Waals surface area (Å²) in [4.78, 5) is 35.7. The molecule has 122 valence electrons. The van der Waals surface area contributed by atoms with Gasteiger partial charge in [-0.25, -0.2) is 0 Å². The molecule has 0 fully saturated rings. The molecule has 24 heavy (non-hydrogen) atoms. The maximum absolute atomic E-state index is 12.2. The first kappa shape index (κ1) is 15.7. The first-order chi connectivity index (χ1) is 11.5. The lowest BCUT2D eigenvalue weighted by Crippen LogP contribution is -2.31. The van der Waals surface area contributed by atoms with Gasteiger partial charge in [-0.15, -0.1) is 0 Å². The van der Waals surface area contributed by atoms with Gasteiger partial charge in [0.25, 0.3) is 11.6 Å². The highest BCUT2D eigenvalue weighted by molar-refractivity contribution is 6.05. The van der Waals surface area contributed by atoms with Crippen LogP contribution in [0.4, 0.5) is 17.1 Å². The number of rotatable bonds is 3. The minimum atomic E-state index is -0.511. The van der Waals surface area contributed by atoms with Crippen LogP contribution in [0.1, 0.15) is 22.3 Å². The van der Waals surface area contributed by atoms with Gasteiger partial charge in [-0.3, -0.25) is 19.7 Å². The van der Waals surface area contributed by atoms with Gasteiger partial charge in [0.1, 0.15) is 0 Å². The molecule has 0 bridgehead atoms. The van der Waals surface area contributed by atoms with Gasteiger partial charge in [0.05, 0.1) is 4.92 Å². The molecule has 0 saturated heterocycles. The number of carbonyl (C=O) groups excluding carboxylic acids is 2. The molecule has 0 saturated carbocycles. The molecular weight excluding hydrogens is 310 g/mol. The SMILES string of the molecule is CN1C(=O)CCc2cc(NC(=O)c3ccc([N+](=O)[O-])cc3)ccc21. The first-order valence-corrected chi connectivity index (χ1v) is 7.41. The molecule has 1 heterocycles. The molecule has 0 aromatic heterocycles. The summed E-state index contributed by atoms with van der Waals surface area (Å²) in [6.45, 7) is 0. The average Bonchev–Trinajstić information content (AvgIpc) is 2.58. The third kappa shape index (κ3) is 2.96. The van der Waals surface area contributed by atoms with Crippen LogP contribution in [0.3, 0.4) is 0 Å². The molecule has 0 atom stereocenters. The van der Waals surface area contributed by atoms with Crippen molar-refractivity contribution in [3.63, 3.8) is 0 Å². The van der Waals surface area contributed by atoms with Gasteiger partial charge in [0.2, 0.25) is 5.91 Å². The van der Waals surface area contributed by atoms with E-state index in [4.69, 9.17) is 0 Å². The number of benzene rings is 2. The summed E-state index contributed by atoms with van der Waals surface area (Å²) in [5, 5.41) is 13.4. The maximum Gasteiger partial charge on any atom is 0.269 e. The van der Waals surface area contributed by atoms with Crippen molar-refractivity contribution in [3.8, 4) is 0 Å². The highest BCUT2D eigenvalue weighted by atomic mass is 16.6. The molecule has 7 heteroatoms. The van der Waals surface area contributed by atoms with Crippen molar-refractivity contribution in [1.29, 1.82) is 0 Å². The zero-order valence-corrected chi connectivity index (χ0v) is 13.0. The number of anilines is 2. The highest BCUT2D eigenvalue weighted by Crippen LogP contribution is 2.29. The molecule has 2 aromatic rings. The molecule has 0 radical (unpaired) electrons. The van der Waals surface area contributed by atoms with E-state index in [1.165, 1.54) is 24.3 Å². The Balaban J connectivity index is 1.77. The number of nitro benzene ring substituents is 1. The van der Waals surface area contributed by atoms with Gasteiger partial charge < -0.3 is 10.2 Å². The van der Waals surface area contributed by atoms with Crippen LogP contribution in [-0.2, 0) is 11.2 Å². The van der Waals surface area contributed by atoms with Crippen LogP contribution in [-0.4, -0.2) is 23.8 Å². The molecule has 0 unspecified atom stereocenters. The van der Waals surface area contributed by atoms with Crippen molar-refractivity contribution in [2.75, 3.05) is 17.3 Å². The normalized spacial score (nSPS) is 13.4. The number of nitrogens with zero attached hydrogens (tertiary/aromatic N) is 2. The second kappa shape index (κ2) is 6.11. The Morgan fingerprint density at radius 2 is 1.88 bits per heavy atom. The Bertz CT molecular complexity index is 830. The average molecular weight is 325 g/mol. The molecule has 1 aliphatic rings. The van der Waals surface area contributed by atoms with E-state index in [-0.39, 0.29) is 17.5 Å². The minimum absolute atomic E-state index is 0.0620. The molecule has 2 amide bonds. The number of nitro groups is 1. The molecule has 7 nitrogen and oxygen atoms in total. The molecular formula is C17H15N3O4. The summed E-state index contributed by atoms with van der Waals surface area (Å²) in [7, 11) is 1.73. The Kier molecular flexibility index (Phi) is 3.99. The van der Waals surface area contributed by atoms with Crippen LogP contribution >= 0.6 is 0 Å². The van der Waals surface area contributed by atoms with Crippen LogP contribution in [0.15, 0.2) is 42.5 Å². The van der Waals surface area contributed by atoms with E-state index >= 15 is 0 Å². The van der Waals surface area contributed by atoms with E-state index in [0.29, 0.717) is 24.1 Å². The van der Waals surface area contributed by atoms with Crippen molar-refractivity contribution in [1.82, 2.24) is 0 Å². The van der Waals surface area contributed by atoms with Crippen LogP contribution in [0, 0.1) is 10.1 Å². The monoisotopic (exact) mass is 325 g/mol. The number of hydrogen-bond donors (Lipinski definition) is 1. The summed E-state index contributed by atoms with van der Waals surface area (Å²) >= 11 is 0. The number of hydrogen-bond acceptors (Lipinski definition) is 4. The summed E-state index contributed by atoms with van der Waals surface area (Å²) in [6.07, 6.45) is 1.09. The second-order valence-electron chi connectivity index (χ2n) is 5.55. The zero-order chi connectivity index (χ0) is 17.3. The Labute approximate surface area is 138 Å². The maximum atomic E-state index is 12.2. The predicted molar refractivity (Wildman–Crippen MR) is 89.2 cm³/mol. The molecule has 1 aliphatic heterocycles. The largest absolute Gasteiger partial charge is 0.322 e. The fourth-order valence-electron chi connectivity index (χ4n) is 2.67. The first-order valence-electron chi connectivity index (χ1n) is 7.41. The number of nitrogens with one attached hydrogen (secondary N) is 1. The van der Waals surface area contributed by atoms with E-state index in [9.17, 15) is 19.7 Å². The van der Waals surface area contributed by atoms with Crippen LogP contribution in [0.25, 0.3) is 0 Å². The topological polar surface area (TPSA) is 92.6 Å². The van der Waals surface area contributed by atoms with Gasteiger partial charge in [0.15, 0.2) is 0 Å². The predicted octanol–water partition coefficient (Wildman–Crippen LogP) is 2.76. The van der Waals surface area contributed by atoms with E-state index in [1.807, 2.05) is 6.07 Å². The lowest BCUT2D eigenvalue weighted by atomic mass is 10.0. The van der Waals surface area contributed by atoms with Gasteiger partial charge in [-0.1, -0.05) is 0 Å². The lowest BCUT2D eigenvalue weighted by Gasteiger charge is -2.26. The molecule has 3 rings (SSSR count). The van der Waals surface area contributed by atoms with Crippen LogP contribution < -0.4 is 10.2 Å². The lowest BCUT2D eigenvalue weighted by molar-refractivity contribution is -0.384. The van der Waals surface area contributed by atoms with Crippen LogP contribution in [0.5, 0.6) is 0 Å². The van der Waals surface area contributed by atoms with Crippen LogP contribution in [0.2, 0.25) is 0 Å². The Morgan fingerprint density at radius 1 is 1.17 bits per heavy atom. The number of fused-ring (bicyclic) bond motifs is 1. The smallest absolute Gasteiger partial charge is 0.269 e.